The first-order valence-corrected chi connectivity index (χ1v) is 5.97. The molecule has 4 rings (SSSR count). The molecule has 88 valence electrons. The van der Waals surface area contributed by atoms with E-state index in [1.807, 2.05) is 12.4 Å². The number of ether oxygens (including phenoxy) is 1. The Labute approximate surface area is 98.8 Å². The van der Waals surface area contributed by atoms with Gasteiger partial charge in [0.1, 0.15) is 0 Å². The summed E-state index contributed by atoms with van der Waals surface area (Å²) in [7, 11) is 0. The summed E-state index contributed by atoms with van der Waals surface area (Å²) in [5.74, 6) is 0. The van der Waals surface area contributed by atoms with Gasteiger partial charge in [-0.1, -0.05) is 0 Å². The van der Waals surface area contributed by atoms with Crippen molar-refractivity contribution in [2.24, 2.45) is 5.41 Å². The Morgan fingerprint density at radius 1 is 1.35 bits per heavy atom. The van der Waals surface area contributed by atoms with Crippen LogP contribution in [0, 0.1) is 5.41 Å². The van der Waals surface area contributed by atoms with Gasteiger partial charge in [0, 0.05) is 30.5 Å². The summed E-state index contributed by atoms with van der Waals surface area (Å²) in [6.45, 7) is 4.04. The van der Waals surface area contributed by atoms with Crippen LogP contribution in [0.2, 0.25) is 0 Å². The highest BCUT2D eigenvalue weighted by molar-refractivity contribution is 5.78. The van der Waals surface area contributed by atoms with Crippen molar-refractivity contribution in [2.45, 2.75) is 6.42 Å². The first-order valence-electron chi connectivity index (χ1n) is 5.97. The van der Waals surface area contributed by atoms with E-state index >= 15 is 0 Å². The van der Waals surface area contributed by atoms with Crippen molar-refractivity contribution < 1.29 is 4.74 Å². The first-order chi connectivity index (χ1) is 8.35. The van der Waals surface area contributed by atoms with Crippen LogP contribution in [0.25, 0.3) is 11.0 Å². The maximum absolute atomic E-state index is 5.49. The monoisotopic (exact) mass is 230 g/mol. The molecule has 0 radical (unpaired) electrons. The largest absolute Gasteiger partial charge is 0.381 e. The second-order valence-corrected chi connectivity index (χ2v) is 5.16. The molecule has 2 fully saturated rings. The van der Waals surface area contributed by atoms with Crippen molar-refractivity contribution in [3.63, 3.8) is 0 Å². The molecule has 0 aliphatic carbocycles. The summed E-state index contributed by atoms with van der Waals surface area (Å²) in [4.78, 5) is 6.74. The van der Waals surface area contributed by atoms with Crippen LogP contribution in [0.4, 0.5) is 5.69 Å². The van der Waals surface area contributed by atoms with Crippen LogP contribution in [0.15, 0.2) is 18.5 Å². The van der Waals surface area contributed by atoms with Crippen LogP contribution < -0.4 is 4.90 Å². The van der Waals surface area contributed by atoms with Gasteiger partial charge in [0.05, 0.1) is 24.7 Å². The second-order valence-electron chi connectivity index (χ2n) is 5.16. The second kappa shape index (κ2) is 3.20. The average Bonchev–Trinajstić information content (AvgIpc) is 2.95. The molecule has 2 aliphatic rings. The van der Waals surface area contributed by atoms with Crippen molar-refractivity contribution >= 4 is 16.7 Å². The lowest BCUT2D eigenvalue weighted by atomic mass is 9.79. The maximum Gasteiger partial charge on any atom is 0.155 e. The SMILES string of the molecule is c1nc2[nH]ncc2cc1N1CC2(CCOC2)C1. The quantitative estimate of drug-likeness (QED) is 0.799. The van der Waals surface area contributed by atoms with E-state index in [9.17, 15) is 0 Å². The minimum absolute atomic E-state index is 0.422. The Kier molecular flexibility index (Phi) is 1.77. The summed E-state index contributed by atoms with van der Waals surface area (Å²) < 4.78 is 5.49. The molecule has 0 aromatic carbocycles. The Morgan fingerprint density at radius 2 is 2.29 bits per heavy atom. The lowest BCUT2D eigenvalue weighted by molar-refractivity contribution is 0.131. The van der Waals surface area contributed by atoms with Crippen molar-refractivity contribution in [3.8, 4) is 0 Å². The number of aromatic nitrogens is 3. The molecule has 1 spiro atoms. The summed E-state index contributed by atoms with van der Waals surface area (Å²) in [6.07, 6.45) is 4.94. The van der Waals surface area contributed by atoms with Gasteiger partial charge in [-0.15, -0.1) is 0 Å². The molecular weight excluding hydrogens is 216 g/mol. The van der Waals surface area contributed by atoms with E-state index in [-0.39, 0.29) is 0 Å². The number of hydrogen-bond acceptors (Lipinski definition) is 4. The molecule has 0 atom stereocenters. The zero-order valence-corrected chi connectivity index (χ0v) is 9.52. The van der Waals surface area contributed by atoms with Crippen LogP contribution in [-0.2, 0) is 4.74 Å². The Hall–Kier alpha value is -1.62. The summed E-state index contributed by atoms with van der Waals surface area (Å²) >= 11 is 0. The number of hydrogen-bond donors (Lipinski definition) is 1. The third kappa shape index (κ3) is 1.35. The van der Waals surface area contributed by atoms with Gasteiger partial charge < -0.3 is 9.64 Å². The van der Waals surface area contributed by atoms with Crippen LogP contribution in [-0.4, -0.2) is 41.5 Å². The fourth-order valence-corrected chi connectivity index (χ4v) is 2.84. The van der Waals surface area contributed by atoms with Gasteiger partial charge in [-0.05, 0) is 12.5 Å². The van der Waals surface area contributed by atoms with E-state index < -0.39 is 0 Å². The lowest BCUT2D eigenvalue weighted by Crippen LogP contribution is -2.57. The van der Waals surface area contributed by atoms with E-state index in [0.717, 1.165) is 37.3 Å². The zero-order valence-electron chi connectivity index (χ0n) is 9.52. The van der Waals surface area contributed by atoms with Crippen molar-refractivity contribution in [1.29, 1.82) is 0 Å². The highest BCUT2D eigenvalue weighted by Gasteiger charge is 2.45. The Balaban J connectivity index is 1.59. The van der Waals surface area contributed by atoms with E-state index in [4.69, 9.17) is 4.74 Å². The summed E-state index contributed by atoms with van der Waals surface area (Å²) in [6, 6.07) is 2.15. The summed E-state index contributed by atoms with van der Waals surface area (Å²) in [5, 5.41) is 7.94. The number of nitrogens with zero attached hydrogens (tertiary/aromatic N) is 3. The van der Waals surface area contributed by atoms with Crippen LogP contribution in [0.3, 0.4) is 0 Å². The van der Waals surface area contributed by atoms with E-state index in [0.29, 0.717) is 5.41 Å². The van der Waals surface area contributed by atoms with Crippen LogP contribution >= 0.6 is 0 Å². The predicted molar refractivity (Wildman–Crippen MR) is 64.0 cm³/mol. The third-order valence-corrected chi connectivity index (χ3v) is 3.88. The number of anilines is 1. The highest BCUT2D eigenvalue weighted by atomic mass is 16.5. The van der Waals surface area contributed by atoms with Crippen molar-refractivity contribution in [3.05, 3.63) is 18.5 Å². The minimum atomic E-state index is 0.422. The van der Waals surface area contributed by atoms with E-state index in [1.54, 1.807) is 0 Å². The van der Waals surface area contributed by atoms with Gasteiger partial charge in [-0.25, -0.2) is 4.98 Å². The molecule has 0 amide bonds. The number of pyridine rings is 1. The van der Waals surface area contributed by atoms with Gasteiger partial charge in [-0.3, -0.25) is 5.10 Å². The van der Waals surface area contributed by atoms with Gasteiger partial charge in [-0.2, -0.15) is 5.10 Å². The molecule has 0 unspecified atom stereocenters. The Morgan fingerprint density at radius 3 is 3.12 bits per heavy atom. The molecule has 2 aliphatic heterocycles. The molecule has 5 heteroatoms. The molecule has 2 saturated heterocycles. The minimum Gasteiger partial charge on any atom is -0.381 e. The molecule has 2 aromatic heterocycles. The van der Waals surface area contributed by atoms with Gasteiger partial charge in [0.25, 0.3) is 0 Å². The number of aromatic amines is 1. The average molecular weight is 230 g/mol. The van der Waals surface area contributed by atoms with Gasteiger partial charge in [0.2, 0.25) is 0 Å². The van der Waals surface area contributed by atoms with Crippen molar-refractivity contribution in [1.82, 2.24) is 15.2 Å². The third-order valence-electron chi connectivity index (χ3n) is 3.88. The number of nitrogens with one attached hydrogen (secondary N) is 1. The van der Waals surface area contributed by atoms with Gasteiger partial charge in [0.15, 0.2) is 5.65 Å². The van der Waals surface area contributed by atoms with Crippen LogP contribution in [0.1, 0.15) is 6.42 Å². The molecule has 1 N–H and O–H groups in total. The van der Waals surface area contributed by atoms with Crippen molar-refractivity contribution in [2.75, 3.05) is 31.2 Å². The number of H-pyrrole nitrogens is 1. The normalized spacial score (nSPS) is 22.2. The number of fused-ring (bicyclic) bond motifs is 1. The highest BCUT2D eigenvalue weighted by Crippen LogP contribution is 2.40. The fraction of sp³-hybridized carbons (Fsp3) is 0.500. The number of rotatable bonds is 1. The van der Waals surface area contributed by atoms with Gasteiger partial charge >= 0.3 is 0 Å². The van der Waals surface area contributed by atoms with E-state index in [2.05, 4.69) is 26.1 Å². The topological polar surface area (TPSA) is 54.0 Å². The fourth-order valence-electron chi connectivity index (χ4n) is 2.84. The Bertz CT molecular complexity index is 550. The molecule has 4 heterocycles. The standard InChI is InChI=1S/C12H14N4O/c1-2-17-8-12(1)6-16(7-12)10-3-9-4-14-15-11(9)13-5-10/h3-5H,1-2,6-8H2,(H,13,14,15). The first kappa shape index (κ1) is 9.41. The summed E-state index contributed by atoms with van der Waals surface area (Å²) in [5.41, 5.74) is 2.47. The molecule has 5 nitrogen and oxygen atoms in total. The smallest absolute Gasteiger partial charge is 0.155 e. The molecular formula is C12H14N4O. The zero-order chi connectivity index (χ0) is 11.3. The molecule has 0 bridgehead atoms. The molecule has 17 heavy (non-hydrogen) atoms. The van der Waals surface area contributed by atoms with Crippen LogP contribution in [0.5, 0.6) is 0 Å². The van der Waals surface area contributed by atoms with E-state index in [1.165, 1.54) is 12.1 Å². The maximum atomic E-state index is 5.49. The molecule has 2 aromatic rings. The lowest BCUT2D eigenvalue weighted by Gasteiger charge is -2.48. The predicted octanol–water partition coefficient (Wildman–Crippen LogP) is 1.18. The molecule has 0 saturated carbocycles.